The number of aromatic nitrogens is 2. The molecule has 1 aromatic rings. The number of amidine groups is 1. The summed E-state index contributed by atoms with van der Waals surface area (Å²) < 4.78 is 5.10. The van der Waals surface area contributed by atoms with Crippen LogP contribution in [0.3, 0.4) is 0 Å². The lowest BCUT2D eigenvalue weighted by atomic mass is 10.4. The largest absolute Gasteiger partial charge is 0.463 e. The van der Waals surface area contributed by atoms with E-state index in [4.69, 9.17) is 21.0 Å². The van der Waals surface area contributed by atoms with Gasteiger partial charge in [0.1, 0.15) is 11.5 Å². The summed E-state index contributed by atoms with van der Waals surface area (Å²) in [6.45, 7) is 0.407. The van der Waals surface area contributed by atoms with Gasteiger partial charge in [0.2, 0.25) is 0 Å². The van der Waals surface area contributed by atoms with E-state index in [2.05, 4.69) is 9.97 Å². The fourth-order valence-corrected chi connectivity index (χ4v) is 0.788. The molecule has 0 aromatic carbocycles. The summed E-state index contributed by atoms with van der Waals surface area (Å²) in [7, 11) is 0. The van der Waals surface area contributed by atoms with Crippen LogP contribution >= 0.6 is 0 Å². The van der Waals surface area contributed by atoms with Crippen molar-refractivity contribution in [2.45, 2.75) is 6.42 Å². The van der Waals surface area contributed by atoms with Crippen molar-refractivity contribution in [3.05, 3.63) is 18.0 Å². The molecule has 0 bridgehead atoms. The first kappa shape index (κ1) is 10.4. The minimum absolute atomic E-state index is 0.0619. The van der Waals surface area contributed by atoms with Gasteiger partial charge in [0.05, 0.1) is 6.61 Å². The Morgan fingerprint density at radius 1 is 1.64 bits per heavy atom. The molecule has 0 fully saturated rings. The highest BCUT2D eigenvalue weighted by Gasteiger charge is 2.01. The number of nitrogen functional groups attached to an aromatic ring is 1. The molecule has 0 aliphatic heterocycles. The van der Waals surface area contributed by atoms with Crippen LogP contribution in [0.25, 0.3) is 0 Å². The van der Waals surface area contributed by atoms with E-state index in [1.807, 2.05) is 0 Å². The molecule has 1 aromatic heterocycles. The first-order valence-corrected chi connectivity index (χ1v) is 4.15. The van der Waals surface area contributed by atoms with E-state index >= 15 is 0 Å². The number of hydrogen-bond donors (Lipinski definition) is 3. The summed E-state index contributed by atoms with van der Waals surface area (Å²) in [6, 6.07) is 1.70. The van der Waals surface area contributed by atoms with Gasteiger partial charge in [-0.25, -0.2) is 4.98 Å². The third kappa shape index (κ3) is 2.98. The lowest BCUT2D eigenvalue weighted by Gasteiger charge is -2.03. The molecule has 0 spiro atoms. The lowest BCUT2D eigenvalue weighted by Crippen LogP contribution is -2.14. The predicted octanol–water partition coefficient (Wildman–Crippen LogP) is -0.478. The average Bonchev–Trinajstić information content (AvgIpc) is 2.19. The Morgan fingerprint density at radius 2 is 2.43 bits per heavy atom. The van der Waals surface area contributed by atoms with Gasteiger partial charge in [-0.1, -0.05) is 0 Å². The summed E-state index contributed by atoms with van der Waals surface area (Å²) in [4.78, 5) is 7.71. The van der Waals surface area contributed by atoms with E-state index in [0.717, 1.165) is 0 Å². The van der Waals surface area contributed by atoms with Gasteiger partial charge in [0.25, 0.3) is 0 Å². The van der Waals surface area contributed by atoms with Crippen LogP contribution < -0.4 is 10.5 Å². The lowest BCUT2D eigenvalue weighted by molar-refractivity contribution is 0.224. The van der Waals surface area contributed by atoms with Crippen LogP contribution in [0.15, 0.2) is 12.3 Å². The molecule has 1 heterocycles. The topological polar surface area (TPSA) is 105 Å². The van der Waals surface area contributed by atoms with Crippen molar-refractivity contribution in [3.8, 4) is 6.01 Å². The highest BCUT2D eigenvalue weighted by Crippen LogP contribution is 2.02. The highest BCUT2D eigenvalue weighted by molar-refractivity contribution is 5.92. The van der Waals surface area contributed by atoms with E-state index in [9.17, 15) is 0 Å². The maximum absolute atomic E-state index is 8.51. The molecular formula is C8H12N4O2. The molecule has 1 rings (SSSR count). The molecule has 14 heavy (non-hydrogen) atoms. The van der Waals surface area contributed by atoms with Gasteiger partial charge in [0.15, 0.2) is 0 Å². The Labute approximate surface area is 81.3 Å². The zero-order chi connectivity index (χ0) is 10.4. The van der Waals surface area contributed by atoms with E-state index in [1.165, 1.54) is 12.3 Å². The Hall–Kier alpha value is -1.69. The summed E-state index contributed by atoms with van der Waals surface area (Å²) in [5.41, 5.74) is 5.57. The molecule has 0 saturated heterocycles. The van der Waals surface area contributed by atoms with Crippen molar-refractivity contribution in [2.24, 2.45) is 5.73 Å². The predicted molar refractivity (Wildman–Crippen MR) is 50.2 cm³/mol. The van der Waals surface area contributed by atoms with Crippen LogP contribution in [0.1, 0.15) is 12.1 Å². The van der Waals surface area contributed by atoms with Crippen LogP contribution in [0, 0.1) is 5.41 Å². The Balaban J connectivity index is 2.59. The van der Waals surface area contributed by atoms with E-state index in [-0.39, 0.29) is 18.5 Å². The van der Waals surface area contributed by atoms with Crippen molar-refractivity contribution in [3.63, 3.8) is 0 Å². The molecule has 0 aliphatic carbocycles. The number of ether oxygens (including phenoxy) is 1. The summed E-state index contributed by atoms with van der Waals surface area (Å²) in [6.07, 6.45) is 1.99. The third-order valence-electron chi connectivity index (χ3n) is 1.44. The first-order valence-electron chi connectivity index (χ1n) is 4.15. The molecule has 0 aliphatic rings. The van der Waals surface area contributed by atoms with Crippen LogP contribution in [-0.2, 0) is 0 Å². The summed E-state index contributed by atoms with van der Waals surface area (Å²) in [5.74, 6) is -0.126. The minimum Gasteiger partial charge on any atom is -0.463 e. The van der Waals surface area contributed by atoms with Gasteiger partial charge in [-0.3, -0.25) is 5.41 Å². The number of nitrogens with one attached hydrogen (secondary N) is 1. The van der Waals surface area contributed by atoms with E-state index in [0.29, 0.717) is 18.7 Å². The van der Waals surface area contributed by atoms with E-state index in [1.54, 1.807) is 0 Å². The molecule has 4 N–H and O–H groups in total. The Bertz CT molecular complexity index is 316. The number of rotatable bonds is 5. The second kappa shape index (κ2) is 5.13. The van der Waals surface area contributed by atoms with Crippen LogP contribution in [-0.4, -0.2) is 34.1 Å². The molecule has 6 heteroatoms. The second-order valence-electron chi connectivity index (χ2n) is 2.56. The van der Waals surface area contributed by atoms with Gasteiger partial charge in [-0.15, -0.1) is 0 Å². The smallest absolute Gasteiger partial charge is 0.316 e. The maximum Gasteiger partial charge on any atom is 0.316 e. The van der Waals surface area contributed by atoms with Crippen LogP contribution in [0.5, 0.6) is 6.01 Å². The third-order valence-corrected chi connectivity index (χ3v) is 1.44. The highest BCUT2D eigenvalue weighted by atomic mass is 16.5. The van der Waals surface area contributed by atoms with Crippen molar-refractivity contribution < 1.29 is 9.84 Å². The summed E-state index contributed by atoms with van der Waals surface area (Å²) >= 11 is 0. The fourth-order valence-electron chi connectivity index (χ4n) is 0.788. The average molecular weight is 196 g/mol. The number of aliphatic hydroxyl groups excluding tert-OH is 1. The van der Waals surface area contributed by atoms with Gasteiger partial charge in [0, 0.05) is 19.2 Å². The van der Waals surface area contributed by atoms with E-state index < -0.39 is 0 Å². The van der Waals surface area contributed by atoms with Crippen molar-refractivity contribution >= 4 is 5.84 Å². The van der Waals surface area contributed by atoms with Gasteiger partial charge in [-0.2, -0.15) is 4.98 Å². The molecule has 76 valence electrons. The number of nitrogens with two attached hydrogens (primary N) is 1. The van der Waals surface area contributed by atoms with Crippen molar-refractivity contribution in [1.82, 2.24) is 9.97 Å². The SMILES string of the molecule is N=C(N)c1ccnc(OCCCO)n1. The van der Waals surface area contributed by atoms with Gasteiger partial charge >= 0.3 is 6.01 Å². The molecule has 0 saturated carbocycles. The molecule has 0 radical (unpaired) electrons. The number of hydrogen-bond acceptors (Lipinski definition) is 5. The van der Waals surface area contributed by atoms with Crippen LogP contribution in [0.4, 0.5) is 0 Å². The zero-order valence-corrected chi connectivity index (χ0v) is 7.60. The zero-order valence-electron chi connectivity index (χ0n) is 7.60. The standard InChI is InChI=1S/C8H12N4O2/c9-7(10)6-2-3-11-8(12-6)14-5-1-4-13/h2-3,13H,1,4-5H2,(H3,9,10). The first-order chi connectivity index (χ1) is 6.74. The maximum atomic E-state index is 8.51. The Kier molecular flexibility index (Phi) is 3.81. The molecular weight excluding hydrogens is 184 g/mol. The molecule has 0 unspecified atom stereocenters. The quantitative estimate of drug-likeness (QED) is 0.335. The van der Waals surface area contributed by atoms with Crippen molar-refractivity contribution in [1.29, 1.82) is 5.41 Å². The molecule has 6 nitrogen and oxygen atoms in total. The molecule has 0 amide bonds. The minimum atomic E-state index is -0.126. The Morgan fingerprint density at radius 3 is 3.07 bits per heavy atom. The monoisotopic (exact) mass is 196 g/mol. The second-order valence-corrected chi connectivity index (χ2v) is 2.56. The van der Waals surface area contributed by atoms with Gasteiger partial charge < -0.3 is 15.6 Å². The summed E-state index contributed by atoms with van der Waals surface area (Å²) in [5, 5.41) is 15.6. The van der Waals surface area contributed by atoms with Gasteiger partial charge in [-0.05, 0) is 6.07 Å². The normalized spacial score (nSPS) is 9.79. The van der Waals surface area contributed by atoms with Crippen LogP contribution in [0.2, 0.25) is 0 Å². The number of nitrogens with zero attached hydrogens (tertiary/aromatic N) is 2. The van der Waals surface area contributed by atoms with Crippen molar-refractivity contribution in [2.75, 3.05) is 13.2 Å². The number of aliphatic hydroxyl groups is 1. The fraction of sp³-hybridized carbons (Fsp3) is 0.375. The molecule has 0 atom stereocenters.